The van der Waals surface area contributed by atoms with E-state index in [1.54, 1.807) is 0 Å². The van der Waals surface area contributed by atoms with Crippen LogP contribution in [-0.4, -0.2) is 0 Å². The van der Waals surface area contributed by atoms with Crippen molar-refractivity contribution in [2.45, 2.75) is 31.2 Å². The molecule has 2 heteroatoms. The molecular formula is C17H18IN. The zero-order chi connectivity index (χ0) is 13.2. The third kappa shape index (κ3) is 2.84. The second-order valence-corrected chi connectivity index (χ2v) is 6.57. The first-order valence-electron chi connectivity index (χ1n) is 6.85. The minimum absolute atomic E-state index is 0.0166. The Morgan fingerprint density at radius 1 is 1.00 bits per heavy atom. The molecule has 3 rings (SSSR count). The molecule has 0 amide bonds. The van der Waals surface area contributed by atoms with Gasteiger partial charge >= 0.3 is 0 Å². The molecule has 1 saturated carbocycles. The van der Waals surface area contributed by atoms with Crippen molar-refractivity contribution in [3.8, 4) is 0 Å². The Bertz CT molecular complexity index is 558. The molecule has 0 radical (unpaired) electrons. The van der Waals surface area contributed by atoms with E-state index in [2.05, 4.69) is 71.1 Å². The molecule has 0 bridgehead atoms. The number of rotatable bonds is 3. The Morgan fingerprint density at radius 2 is 1.74 bits per heavy atom. The molecule has 1 aliphatic rings. The highest BCUT2D eigenvalue weighted by molar-refractivity contribution is 14.1. The van der Waals surface area contributed by atoms with Crippen LogP contribution >= 0.6 is 22.6 Å². The van der Waals surface area contributed by atoms with Crippen LogP contribution in [0.25, 0.3) is 0 Å². The van der Waals surface area contributed by atoms with Gasteiger partial charge in [0.2, 0.25) is 0 Å². The summed E-state index contributed by atoms with van der Waals surface area (Å²) >= 11 is 2.32. The van der Waals surface area contributed by atoms with Gasteiger partial charge in [0, 0.05) is 3.57 Å². The summed E-state index contributed by atoms with van der Waals surface area (Å²) in [5.74, 6) is 0.767. The standard InChI is InChI=1S/C17H18IN/c18-16-9-7-13(8-10-16)17(19)15-6-2-5-14(11-15)12-3-1-4-12/h2,5-12,17H,1,3-4,19H2. The maximum absolute atomic E-state index is 6.39. The fourth-order valence-corrected chi connectivity index (χ4v) is 2.97. The monoisotopic (exact) mass is 363 g/mol. The summed E-state index contributed by atoms with van der Waals surface area (Å²) in [4.78, 5) is 0. The quantitative estimate of drug-likeness (QED) is 0.792. The van der Waals surface area contributed by atoms with E-state index < -0.39 is 0 Å². The third-order valence-electron chi connectivity index (χ3n) is 4.08. The van der Waals surface area contributed by atoms with Gasteiger partial charge in [0.1, 0.15) is 0 Å². The lowest BCUT2D eigenvalue weighted by Crippen LogP contribution is -2.14. The molecule has 0 spiro atoms. The number of nitrogens with two attached hydrogens (primary N) is 1. The van der Waals surface area contributed by atoms with Crippen LogP contribution in [0.2, 0.25) is 0 Å². The van der Waals surface area contributed by atoms with E-state index >= 15 is 0 Å². The van der Waals surface area contributed by atoms with Crippen LogP contribution in [0, 0.1) is 3.57 Å². The minimum atomic E-state index is -0.0166. The smallest absolute Gasteiger partial charge is 0.0551 e. The maximum atomic E-state index is 6.39. The molecule has 0 saturated heterocycles. The van der Waals surface area contributed by atoms with Gasteiger partial charge in [-0.25, -0.2) is 0 Å². The summed E-state index contributed by atoms with van der Waals surface area (Å²) in [6.07, 6.45) is 4.04. The highest BCUT2D eigenvalue weighted by Crippen LogP contribution is 2.37. The van der Waals surface area contributed by atoms with Crippen LogP contribution < -0.4 is 5.73 Å². The van der Waals surface area contributed by atoms with Crippen LogP contribution in [0.5, 0.6) is 0 Å². The molecular weight excluding hydrogens is 345 g/mol. The summed E-state index contributed by atoms with van der Waals surface area (Å²) in [5, 5.41) is 0. The van der Waals surface area contributed by atoms with Gasteiger partial charge in [0.15, 0.2) is 0 Å². The summed E-state index contributed by atoms with van der Waals surface area (Å²) in [6.45, 7) is 0. The molecule has 1 fully saturated rings. The van der Waals surface area contributed by atoms with Gasteiger partial charge < -0.3 is 5.73 Å². The Hall–Kier alpha value is -0.870. The average Bonchev–Trinajstić information content (AvgIpc) is 2.37. The SMILES string of the molecule is NC(c1ccc(I)cc1)c1cccc(C2CCC2)c1. The van der Waals surface area contributed by atoms with E-state index in [4.69, 9.17) is 5.73 Å². The van der Waals surface area contributed by atoms with Gasteiger partial charge in [0.05, 0.1) is 6.04 Å². The molecule has 19 heavy (non-hydrogen) atoms. The van der Waals surface area contributed by atoms with Gasteiger partial charge in [-0.1, -0.05) is 42.8 Å². The van der Waals surface area contributed by atoms with Crippen molar-refractivity contribution in [1.82, 2.24) is 0 Å². The van der Waals surface area contributed by atoms with Crippen LogP contribution in [0.3, 0.4) is 0 Å². The van der Waals surface area contributed by atoms with Crippen molar-refractivity contribution in [3.05, 3.63) is 68.8 Å². The normalized spacial score (nSPS) is 16.9. The number of hydrogen-bond acceptors (Lipinski definition) is 1. The van der Waals surface area contributed by atoms with E-state index in [1.807, 2.05) is 0 Å². The topological polar surface area (TPSA) is 26.0 Å². The molecule has 2 aromatic rings. The Labute approximate surface area is 128 Å². The molecule has 2 N–H and O–H groups in total. The summed E-state index contributed by atoms with van der Waals surface area (Å²) in [5.41, 5.74) is 10.3. The number of halogens is 1. The second kappa shape index (κ2) is 5.63. The third-order valence-corrected chi connectivity index (χ3v) is 4.79. The molecule has 1 unspecified atom stereocenters. The minimum Gasteiger partial charge on any atom is -0.320 e. The van der Waals surface area contributed by atoms with Gasteiger partial charge in [-0.15, -0.1) is 0 Å². The lowest BCUT2D eigenvalue weighted by atomic mass is 9.79. The van der Waals surface area contributed by atoms with Gasteiger partial charge in [-0.05, 0) is 70.2 Å². The van der Waals surface area contributed by atoms with Gasteiger partial charge in [-0.2, -0.15) is 0 Å². The van der Waals surface area contributed by atoms with Crippen molar-refractivity contribution < 1.29 is 0 Å². The molecule has 2 aromatic carbocycles. The van der Waals surface area contributed by atoms with Crippen molar-refractivity contribution in [2.24, 2.45) is 5.73 Å². The average molecular weight is 363 g/mol. The molecule has 0 aromatic heterocycles. The Kier molecular flexibility index (Phi) is 3.89. The molecule has 98 valence electrons. The molecule has 0 heterocycles. The molecule has 0 aliphatic heterocycles. The first kappa shape index (κ1) is 13.1. The molecule has 1 atom stereocenters. The van der Waals surface area contributed by atoms with Crippen molar-refractivity contribution in [2.75, 3.05) is 0 Å². The van der Waals surface area contributed by atoms with Crippen LogP contribution in [0.4, 0.5) is 0 Å². The van der Waals surface area contributed by atoms with E-state index in [0.29, 0.717) is 0 Å². The Balaban J connectivity index is 1.86. The lowest BCUT2D eigenvalue weighted by Gasteiger charge is -2.26. The van der Waals surface area contributed by atoms with Gasteiger partial charge in [0.25, 0.3) is 0 Å². The van der Waals surface area contributed by atoms with E-state index in [-0.39, 0.29) is 6.04 Å². The molecule has 1 nitrogen and oxygen atoms in total. The van der Waals surface area contributed by atoms with Crippen LogP contribution in [0.15, 0.2) is 48.5 Å². The number of hydrogen-bond donors (Lipinski definition) is 1. The van der Waals surface area contributed by atoms with E-state index in [1.165, 1.54) is 39.5 Å². The highest BCUT2D eigenvalue weighted by atomic mass is 127. The van der Waals surface area contributed by atoms with Crippen molar-refractivity contribution in [1.29, 1.82) is 0 Å². The summed E-state index contributed by atoms with van der Waals surface area (Å²) in [6, 6.07) is 17.3. The number of benzene rings is 2. The predicted molar refractivity (Wildman–Crippen MR) is 88.2 cm³/mol. The van der Waals surface area contributed by atoms with Crippen LogP contribution in [0.1, 0.15) is 47.9 Å². The predicted octanol–water partition coefficient (Wildman–Crippen LogP) is 4.61. The fourth-order valence-electron chi connectivity index (χ4n) is 2.61. The lowest BCUT2D eigenvalue weighted by molar-refractivity contribution is 0.419. The fraction of sp³-hybridized carbons (Fsp3) is 0.294. The summed E-state index contributed by atoms with van der Waals surface area (Å²) in [7, 11) is 0. The van der Waals surface area contributed by atoms with E-state index in [0.717, 1.165) is 5.92 Å². The summed E-state index contributed by atoms with van der Waals surface area (Å²) < 4.78 is 1.25. The van der Waals surface area contributed by atoms with E-state index in [9.17, 15) is 0 Å². The highest BCUT2D eigenvalue weighted by Gasteiger charge is 2.20. The van der Waals surface area contributed by atoms with Gasteiger partial charge in [-0.3, -0.25) is 0 Å². The van der Waals surface area contributed by atoms with Crippen LogP contribution in [-0.2, 0) is 0 Å². The van der Waals surface area contributed by atoms with Crippen molar-refractivity contribution >= 4 is 22.6 Å². The van der Waals surface area contributed by atoms with Crippen molar-refractivity contribution in [3.63, 3.8) is 0 Å². The largest absolute Gasteiger partial charge is 0.320 e. The Morgan fingerprint density at radius 3 is 2.37 bits per heavy atom. The first-order chi connectivity index (χ1) is 9.24. The molecule has 1 aliphatic carbocycles. The zero-order valence-electron chi connectivity index (χ0n) is 10.9. The zero-order valence-corrected chi connectivity index (χ0v) is 13.0. The first-order valence-corrected chi connectivity index (χ1v) is 7.93. The second-order valence-electron chi connectivity index (χ2n) is 5.33. The maximum Gasteiger partial charge on any atom is 0.0551 e.